The lowest BCUT2D eigenvalue weighted by atomic mass is 9.95. The van der Waals surface area contributed by atoms with E-state index in [0.29, 0.717) is 25.1 Å². The summed E-state index contributed by atoms with van der Waals surface area (Å²) in [6, 6.07) is 4.69. The number of rotatable bonds is 5. The van der Waals surface area contributed by atoms with Crippen molar-refractivity contribution in [3.05, 3.63) is 35.6 Å². The predicted molar refractivity (Wildman–Crippen MR) is 100 cm³/mol. The molecule has 2 unspecified atom stereocenters. The lowest BCUT2D eigenvalue weighted by Crippen LogP contribution is -2.50. The second-order valence-corrected chi connectivity index (χ2v) is 7.47. The number of hydrogen-bond acceptors (Lipinski definition) is 3. The first kappa shape index (κ1) is 20.1. The number of nitrogens with zero attached hydrogens (tertiary/aromatic N) is 2. The molecule has 2 fully saturated rings. The number of aliphatic carboxylic acids is 1. The molecule has 0 saturated carbocycles. The van der Waals surface area contributed by atoms with Crippen LogP contribution in [0.2, 0.25) is 0 Å². The number of carbonyl (C=O) groups excluding carboxylic acids is 2. The molecule has 8 heteroatoms. The summed E-state index contributed by atoms with van der Waals surface area (Å²) >= 11 is 0. The number of hydrogen-bond donors (Lipinski definition) is 2. The Morgan fingerprint density at radius 2 is 1.71 bits per heavy atom. The molecule has 0 aliphatic carbocycles. The Labute approximate surface area is 163 Å². The van der Waals surface area contributed by atoms with Crippen molar-refractivity contribution in [2.24, 2.45) is 5.92 Å². The van der Waals surface area contributed by atoms with Gasteiger partial charge in [0.25, 0.3) is 0 Å². The first-order valence-electron chi connectivity index (χ1n) is 9.75. The zero-order chi connectivity index (χ0) is 20.1. The minimum atomic E-state index is -1.05. The van der Waals surface area contributed by atoms with Crippen molar-refractivity contribution >= 4 is 17.9 Å². The van der Waals surface area contributed by atoms with Gasteiger partial charge in [0, 0.05) is 26.2 Å². The van der Waals surface area contributed by atoms with Gasteiger partial charge in [-0.05, 0) is 43.4 Å². The molecule has 3 rings (SSSR count). The van der Waals surface area contributed by atoms with Crippen LogP contribution in [0.5, 0.6) is 0 Å². The van der Waals surface area contributed by atoms with E-state index >= 15 is 0 Å². The molecule has 2 saturated heterocycles. The topological polar surface area (TPSA) is 90.0 Å². The Morgan fingerprint density at radius 3 is 2.36 bits per heavy atom. The Balaban J connectivity index is 1.64. The maximum atomic E-state index is 13.2. The molecule has 2 aliphatic rings. The van der Waals surface area contributed by atoms with E-state index in [1.807, 2.05) is 4.90 Å². The minimum absolute atomic E-state index is 0.0179. The second-order valence-electron chi connectivity index (χ2n) is 7.47. The lowest BCUT2D eigenvalue weighted by molar-refractivity contribution is -0.138. The Morgan fingerprint density at radius 1 is 1.07 bits per heavy atom. The van der Waals surface area contributed by atoms with Crippen molar-refractivity contribution < 1.29 is 23.9 Å². The van der Waals surface area contributed by atoms with Gasteiger partial charge in [0.05, 0.1) is 18.4 Å². The van der Waals surface area contributed by atoms with E-state index in [1.54, 1.807) is 4.90 Å². The Bertz CT molecular complexity index is 719. The quantitative estimate of drug-likeness (QED) is 0.806. The van der Waals surface area contributed by atoms with Gasteiger partial charge in [-0.3, -0.25) is 9.59 Å². The number of piperidine rings is 1. The van der Waals surface area contributed by atoms with Crippen LogP contribution in [0.15, 0.2) is 24.3 Å². The highest BCUT2D eigenvalue weighted by atomic mass is 19.1. The SMILES string of the molecule is O=C(O)CC(NC(=O)C1CCCN(C(=O)N2CCCC2)C1)c1ccc(F)cc1. The van der Waals surface area contributed by atoms with Gasteiger partial charge in [-0.1, -0.05) is 12.1 Å². The van der Waals surface area contributed by atoms with Crippen LogP contribution in [0.1, 0.15) is 43.7 Å². The van der Waals surface area contributed by atoms with Gasteiger partial charge in [-0.15, -0.1) is 0 Å². The molecular formula is C20H26FN3O4. The summed E-state index contributed by atoms with van der Waals surface area (Å²) in [4.78, 5) is 40.1. The first-order chi connectivity index (χ1) is 13.4. The zero-order valence-electron chi connectivity index (χ0n) is 15.8. The van der Waals surface area contributed by atoms with Crippen molar-refractivity contribution in [2.45, 2.75) is 38.1 Å². The van der Waals surface area contributed by atoms with Crippen molar-refractivity contribution in [3.8, 4) is 0 Å². The van der Waals surface area contributed by atoms with E-state index in [2.05, 4.69) is 5.32 Å². The third-order valence-electron chi connectivity index (χ3n) is 5.41. The van der Waals surface area contributed by atoms with Gasteiger partial charge in [0.15, 0.2) is 0 Å². The average Bonchev–Trinajstić information content (AvgIpc) is 3.22. The normalized spacial score (nSPS) is 20.7. The molecule has 1 aromatic carbocycles. The van der Waals surface area contributed by atoms with Crippen LogP contribution in [0.4, 0.5) is 9.18 Å². The molecule has 3 amide bonds. The maximum absolute atomic E-state index is 13.2. The van der Waals surface area contributed by atoms with E-state index in [1.165, 1.54) is 24.3 Å². The number of carbonyl (C=O) groups is 3. The van der Waals surface area contributed by atoms with E-state index in [0.717, 1.165) is 32.4 Å². The van der Waals surface area contributed by atoms with Crippen LogP contribution in [0.3, 0.4) is 0 Å². The number of benzene rings is 1. The molecule has 1 aromatic rings. The average molecular weight is 391 g/mol. The number of carboxylic acids is 1. The summed E-state index contributed by atoms with van der Waals surface area (Å²) in [5.74, 6) is -2.12. The molecule has 152 valence electrons. The number of urea groups is 1. The number of likely N-dealkylation sites (tertiary alicyclic amines) is 2. The molecule has 0 aromatic heterocycles. The van der Waals surface area contributed by atoms with Gasteiger partial charge in [-0.2, -0.15) is 0 Å². The van der Waals surface area contributed by atoms with E-state index in [9.17, 15) is 23.9 Å². The molecule has 28 heavy (non-hydrogen) atoms. The van der Waals surface area contributed by atoms with Gasteiger partial charge in [0.2, 0.25) is 5.91 Å². The number of nitrogens with one attached hydrogen (secondary N) is 1. The highest BCUT2D eigenvalue weighted by molar-refractivity contribution is 5.82. The molecule has 2 N–H and O–H groups in total. The van der Waals surface area contributed by atoms with Crippen LogP contribution in [0, 0.1) is 11.7 Å². The lowest BCUT2D eigenvalue weighted by Gasteiger charge is -2.35. The molecule has 2 heterocycles. The van der Waals surface area contributed by atoms with Crippen LogP contribution in [-0.4, -0.2) is 59.0 Å². The number of amides is 3. The highest BCUT2D eigenvalue weighted by Crippen LogP contribution is 2.23. The fraction of sp³-hybridized carbons (Fsp3) is 0.550. The van der Waals surface area contributed by atoms with Gasteiger partial charge < -0.3 is 20.2 Å². The Kier molecular flexibility index (Phi) is 6.49. The van der Waals surface area contributed by atoms with Crippen molar-refractivity contribution in [2.75, 3.05) is 26.2 Å². The molecule has 0 bridgehead atoms. The fourth-order valence-corrected chi connectivity index (χ4v) is 3.88. The fourth-order valence-electron chi connectivity index (χ4n) is 3.88. The first-order valence-corrected chi connectivity index (χ1v) is 9.75. The summed E-state index contributed by atoms with van der Waals surface area (Å²) in [6.45, 7) is 2.49. The maximum Gasteiger partial charge on any atom is 0.320 e. The summed E-state index contributed by atoms with van der Waals surface area (Å²) < 4.78 is 13.2. The van der Waals surface area contributed by atoms with Gasteiger partial charge in [-0.25, -0.2) is 9.18 Å². The van der Waals surface area contributed by atoms with E-state index in [-0.39, 0.29) is 24.3 Å². The summed E-state index contributed by atoms with van der Waals surface area (Å²) in [5.41, 5.74) is 0.540. The van der Waals surface area contributed by atoms with Crippen molar-refractivity contribution in [1.82, 2.24) is 15.1 Å². The standard InChI is InChI=1S/C20H26FN3O4/c21-16-7-5-14(6-8-16)17(12-18(25)26)22-19(27)15-4-3-11-24(13-15)20(28)23-9-1-2-10-23/h5-8,15,17H,1-4,9-13H2,(H,22,27)(H,25,26). The van der Waals surface area contributed by atoms with Gasteiger partial charge >= 0.3 is 12.0 Å². The molecule has 0 spiro atoms. The molecule has 2 atom stereocenters. The van der Waals surface area contributed by atoms with Crippen molar-refractivity contribution in [3.63, 3.8) is 0 Å². The van der Waals surface area contributed by atoms with E-state index < -0.39 is 17.8 Å². The Hall–Kier alpha value is -2.64. The van der Waals surface area contributed by atoms with Crippen LogP contribution >= 0.6 is 0 Å². The third-order valence-corrected chi connectivity index (χ3v) is 5.41. The third kappa shape index (κ3) is 4.99. The second kappa shape index (κ2) is 9.03. The highest BCUT2D eigenvalue weighted by Gasteiger charge is 2.32. The van der Waals surface area contributed by atoms with Crippen LogP contribution < -0.4 is 5.32 Å². The minimum Gasteiger partial charge on any atom is -0.481 e. The van der Waals surface area contributed by atoms with E-state index in [4.69, 9.17) is 0 Å². The predicted octanol–water partition coefficient (Wildman–Crippen LogP) is 2.39. The number of halogens is 1. The van der Waals surface area contributed by atoms with Crippen molar-refractivity contribution in [1.29, 1.82) is 0 Å². The smallest absolute Gasteiger partial charge is 0.320 e. The van der Waals surface area contributed by atoms with Crippen LogP contribution in [0.25, 0.3) is 0 Å². The summed E-state index contributed by atoms with van der Waals surface area (Å²) in [7, 11) is 0. The number of carboxylic acid groups (broad SMARTS) is 1. The monoisotopic (exact) mass is 391 g/mol. The molecule has 0 radical (unpaired) electrons. The van der Waals surface area contributed by atoms with Crippen LogP contribution in [-0.2, 0) is 9.59 Å². The van der Waals surface area contributed by atoms with Gasteiger partial charge in [0.1, 0.15) is 5.82 Å². The molecule has 7 nitrogen and oxygen atoms in total. The molecule has 2 aliphatic heterocycles. The summed E-state index contributed by atoms with van der Waals surface area (Å²) in [6.07, 6.45) is 3.12. The molecular weight excluding hydrogens is 365 g/mol. The zero-order valence-corrected chi connectivity index (χ0v) is 15.8. The largest absolute Gasteiger partial charge is 0.481 e. The summed E-state index contributed by atoms with van der Waals surface area (Å²) in [5, 5.41) is 12.0.